The average molecular weight is 374 g/mol. The smallest absolute Gasteiger partial charge is 0.237 e. The van der Waals surface area contributed by atoms with E-state index in [9.17, 15) is 4.79 Å². The van der Waals surface area contributed by atoms with Crippen molar-refractivity contribution in [1.29, 1.82) is 0 Å². The van der Waals surface area contributed by atoms with Crippen LogP contribution < -0.4 is 4.90 Å². The summed E-state index contributed by atoms with van der Waals surface area (Å²) in [5, 5.41) is 0. The average Bonchev–Trinajstić information content (AvgIpc) is 3.18. The number of nitrogens with zero attached hydrogens (tertiary/aromatic N) is 2. The quantitative estimate of drug-likeness (QED) is 0.622. The third-order valence-corrected chi connectivity index (χ3v) is 5.58. The molecule has 0 atom stereocenters. The topological polar surface area (TPSA) is 49.0 Å². The minimum Gasteiger partial charge on any atom is -0.342 e. The van der Waals surface area contributed by atoms with Crippen LogP contribution in [-0.4, -0.2) is 22.4 Å². The van der Waals surface area contributed by atoms with Crippen molar-refractivity contribution in [3.05, 3.63) is 71.6 Å². The third kappa shape index (κ3) is 3.24. The zero-order chi connectivity index (χ0) is 19.7. The summed E-state index contributed by atoms with van der Waals surface area (Å²) in [5.74, 6) is 1.14. The van der Waals surface area contributed by atoms with E-state index < -0.39 is 5.41 Å². The molecule has 2 aromatic carbocycles. The molecule has 2 heterocycles. The molecule has 0 saturated carbocycles. The van der Waals surface area contributed by atoms with Crippen molar-refractivity contribution in [2.75, 3.05) is 11.4 Å². The van der Waals surface area contributed by atoms with Gasteiger partial charge >= 0.3 is 0 Å². The number of anilines is 1. The van der Waals surface area contributed by atoms with Crippen molar-refractivity contribution < 1.29 is 4.79 Å². The van der Waals surface area contributed by atoms with Crippen LogP contribution >= 0.6 is 0 Å². The lowest BCUT2D eigenvalue weighted by molar-refractivity contribution is -0.121. The number of aromatic amines is 1. The highest BCUT2D eigenvalue weighted by Crippen LogP contribution is 2.43. The predicted molar refractivity (Wildman–Crippen MR) is 115 cm³/mol. The highest BCUT2D eigenvalue weighted by atomic mass is 16.2. The van der Waals surface area contributed by atoms with Crippen LogP contribution in [0.1, 0.15) is 44.1 Å². The maximum atomic E-state index is 13.0. The highest BCUT2D eigenvalue weighted by Gasteiger charge is 2.43. The molecular weight excluding hydrogens is 346 g/mol. The van der Waals surface area contributed by atoms with Gasteiger partial charge in [0, 0.05) is 13.0 Å². The minimum absolute atomic E-state index is 0.153. The van der Waals surface area contributed by atoms with Crippen molar-refractivity contribution in [1.82, 2.24) is 9.97 Å². The van der Waals surface area contributed by atoms with Crippen LogP contribution in [0.3, 0.4) is 0 Å². The lowest BCUT2D eigenvalue weighted by atomic mass is 9.86. The molecule has 1 aliphatic rings. The number of benzene rings is 2. The van der Waals surface area contributed by atoms with E-state index >= 15 is 0 Å². The van der Waals surface area contributed by atoms with Crippen molar-refractivity contribution >= 4 is 22.6 Å². The zero-order valence-electron chi connectivity index (χ0n) is 16.8. The number of aryl methyl sites for hydroxylation is 2. The molecule has 4 rings (SSSR count). The van der Waals surface area contributed by atoms with Gasteiger partial charge in [0.25, 0.3) is 0 Å². The molecule has 0 bridgehead atoms. The van der Waals surface area contributed by atoms with Gasteiger partial charge in [0.15, 0.2) is 0 Å². The van der Waals surface area contributed by atoms with Crippen molar-refractivity contribution in [2.24, 2.45) is 0 Å². The first-order valence-corrected chi connectivity index (χ1v) is 10.0. The van der Waals surface area contributed by atoms with Crippen LogP contribution in [0, 0.1) is 0 Å². The summed E-state index contributed by atoms with van der Waals surface area (Å²) in [6, 6.07) is 14.7. The fourth-order valence-electron chi connectivity index (χ4n) is 3.94. The first kappa shape index (κ1) is 18.5. The van der Waals surface area contributed by atoms with Crippen LogP contribution in [0.25, 0.3) is 11.0 Å². The molecule has 0 saturated heterocycles. The number of H-pyrrole nitrogens is 1. The van der Waals surface area contributed by atoms with E-state index in [-0.39, 0.29) is 5.91 Å². The maximum Gasteiger partial charge on any atom is 0.237 e. The van der Waals surface area contributed by atoms with E-state index in [0.29, 0.717) is 6.54 Å². The molecule has 0 fully saturated rings. The SMILES string of the molecule is CCC=CCN1C(=O)C(C)(C)c2cc3[nH]c(CCc4ccccc4)nc3cc21. The Balaban J connectivity index is 1.65. The zero-order valence-corrected chi connectivity index (χ0v) is 16.8. The molecule has 28 heavy (non-hydrogen) atoms. The Morgan fingerprint density at radius 2 is 1.89 bits per heavy atom. The van der Waals surface area contributed by atoms with E-state index in [2.05, 4.69) is 60.5 Å². The number of hydrogen-bond donors (Lipinski definition) is 1. The molecule has 1 N–H and O–H groups in total. The summed E-state index contributed by atoms with van der Waals surface area (Å²) in [4.78, 5) is 23.1. The summed E-state index contributed by atoms with van der Waals surface area (Å²) in [7, 11) is 0. The summed E-state index contributed by atoms with van der Waals surface area (Å²) < 4.78 is 0. The van der Waals surface area contributed by atoms with E-state index in [0.717, 1.165) is 47.4 Å². The first-order chi connectivity index (χ1) is 13.5. The molecule has 3 aromatic rings. The van der Waals surface area contributed by atoms with E-state index in [1.807, 2.05) is 24.8 Å². The number of nitrogens with one attached hydrogen (secondary N) is 1. The van der Waals surface area contributed by atoms with Gasteiger partial charge in [-0.3, -0.25) is 4.79 Å². The second kappa shape index (κ2) is 7.27. The number of allylic oxidation sites excluding steroid dienone is 1. The van der Waals surface area contributed by atoms with E-state index in [1.54, 1.807) is 0 Å². The predicted octanol–water partition coefficient (Wildman–Crippen LogP) is 4.94. The molecule has 0 spiro atoms. The Morgan fingerprint density at radius 1 is 1.11 bits per heavy atom. The Kier molecular flexibility index (Phi) is 4.80. The van der Waals surface area contributed by atoms with Gasteiger partial charge in [-0.15, -0.1) is 0 Å². The van der Waals surface area contributed by atoms with Crippen molar-refractivity contribution in [3.8, 4) is 0 Å². The Morgan fingerprint density at radius 3 is 2.64 bits per heavy atom. The van der Waals surface area contributed by atoms with Gasteiger partial charge in [-0.05, 0) is 49.9 Å². The largest absolute Gasteiger partial charge is 0.342 e. The number of aromatic nitrogens is 2. The minimum atomic E-state index is -0.515. The third-order valence-electron chi connectivity index (χ3n) is 5.58. The van der Waals surface area contributed by atoms with Gasteiger partial charge in [0.2, 0.25) is 5.91 Å². The number of amides is 1. The number of carbonyl (C=O) groups excluding carboxylic acids is 1. The van der Waals surface area contributed by atoms with Crippen LogP contribution in [0.5, 0.6) is 0 Å². The van der Waals surface area contributed by atoms with E-state index in [1.165, 1.54) is 5.56 Å². The molecule has 0 aliphatic carbocycles. The summed E-state index contributed by atoms with van der Waals surface area (Å²) in [5.41, 5.74) is 4.80. The second-order valence-corrected chi connectivity index (χ2v) is 7.98. The number of imidazole rings is 1. The van der Waals surface area contributed by atoms with Crippen molar-refractivity contribution in [3.63, 3.8) is 0 Å². The fourth-order valence-corrected chi connectivity index (χ4v) is 3.94. The van der Waals surface area contributed by atoms with Gasteiger partial charge in [-0.2, -0.15) is 0 Å². The Hall–Kier alpha value is -2.88. The molecule has 1 aliphatic heterocycles. The van der Waals surface area contributed by atoms with Crippen LogP contribution in [0.4, 0.5) is 5.69 Å². The number of fused-ring (bicyclic) bond motifs is 2. The molecule has 4 nitrogen and oxygen atoms in total. The normalized spacial score (nSPS) is 15.7. The number of carbonyl (C=O) groups is 1. The fraction of sp³-hybridized carbons (Fsp3) is 0.333. The van der Waals surface area contributed by atoms with Gasteiger partial charge in [0.05, 0.1) is 22.1 Å². The van der Waals surface area contributed by atoms with Crippen molar-refractivity contribution in [2.45, 2.75) is 45.4 Å². The lowest BCUT2D eigenvalue weighted by Gasteiger charge is -2.18. The molecular formula is C24H27N3O. The maximum absolute atomic E-state index is 13.0. The summed E-state index contributed by atoms with van der Waals surface area (Å²) in [6.07, 6.45) is 6.98. The Labute approximate surface area is 166 Å². The monoisotopic (exact) mass is 373 g/mol. The summed E-state index contributed by atoms with van der Waals surface area (Å²) >= 11 is 0. The molecule has 0 radical (unpaired) electrons. The van der Waals surface area contributed by atoms with Gasteiger partial charge in [-0.25, -0.2) is 4.98 Å². The van der Waals surface area contributed by atoms with Crippen LogP contribution in [0.2, 0.25) is 0 Å². The molecule has 1 aromatic heterocycles. The lowest BCUT2D eigenvalue weighted by Crippen LogP contribution is -2.36. The molecule has 0 unspecified atom stereocenters. The number of rotatable bonds is 6. The second-order valence-electron chi connectivity index (χ2n) is 7.98. The summed E-state index contributed by atoms with van der Waals surface area (Å²) in [6.45, 7) is 6.73. The highest BCUT2D eigenvalue weighted by molar-refractivity contribution is 6.09. The molecule has 1 amide bonds. The van der Waals surface area contributed by atoms with E-state index in [4.69, 9.17) is 4.98 Å². The number of hydrogen-bond acceptors (Lipinski definition) is 2. The van der Waals surface area contributed by atoms with Gasteiger partial charge in [0.1, 0.15) is 5.82 Å². The van der Waals surface area contributed by atoms with Crippen LogP contribution in [-0.2, 0) is 23.1 Å². The van der Waals surface area contributed by atoms with Gasteiger partial charge in [-0.1, -0.05) is 49.4 Å². The first-order valence-electron chi connectivity index (χ1n) is 10.0. The molecule has 4 heteroatoms. The van der Waals surface area contributed by atoms with Crippen LogP contribution in [0.15, 0.2) is 54.6 Å². The molecule has 144 valence electrons. The van der Waals surface area contributed by atoms with Gasteiger partial charge < -0.3 is 9.88 Å². The standard InChI is InChI=1S/C24H27N3O/c1-4-5-9-14-27-21-16-20-19(15-18(21)24(2,3)23(27)28)25-22(26-20)13-12-17-10-7-6-8-11-17/h5-11,15-16H,4,12-14H2,1-3H3,(H,25,26). The Bertz CT molecular complexity index is 1030.